The minimum Gasteiger partial charge on any atom is -0.344 e. The van der Waals surface area contributed by atoms with Gasteiger partial charge in [-0.1, -0.05) is 32.1 Å². The molecule has 1 N–H and O–H groups in total. The Morgan fingerprint density at radius 3 is 2.41 bits per heavy atom. The third-order valence-electron chi connectivity index (χ3n) is 3.71. The van der Waals surface area contributed by atoms with E-state index in [4.69, 9.17) is 0 Å². The van der Waals surface area contributed by atoms with Gasteiger partial charge >= 0.3 is 0 Å². The molecular formula is C14H23N7S. The normalized spacial score (nSPS) is 17.2. The van der Waals surface area contributed by atoms with Crippen LogP contribution in [0.5, 0.6) is 0 Å². The number of hydrogen-bond acceptors (Lipinski definition) is 7. The molecule has 3 rings (SSSR count). The van der Waals surface area contributed by atoms with Crippen molar-refractivity contribution in [1.82, 2.24) is 30.3 Å². The van der Waals surface area contributed by atoms with Crippen LogP contribution in [0.1, 0.15) is 37.4 Å². The van der Waals surface area contributed by atoms with Crippen molar-refractivity contribution in [2.75, 3.05) is 31.1 Å². The molecule has 7 nitrogen and oxygen atoms in total. The van der Waals surface area contributed by atoms with Crippen molar-refractivity contribution in [3.05, 3.63) is 16.7 Å². The Morgan fingerprint density at radius 1 is 1.14 bits per heavy atom. The summed E-state index contributed by atoms with van der Waals surface area (Å²) in [5.41, 5.74) is 0.0707. The summed E-state index contributed by atoms with van der Waals surface area (Å²) in [5, 5.41) is 17.9. The van der Waals surface area contributed by atoms with Crippen LogP contribution in [0.15, 0.2) is 0 Å². The van der Waals surface area contributed by atoms with Gasteiger partial charge in [0.25, 0.3) is 0 Å². The van der Waals surface area contributed by atoms with Gasteiger partial charge in [0.15, 0.2) is 5.82 Å². The van der Waals surface area contributed by atoms with E-state index >= 15 is 0 Å². The van der Waals surface area contributed by atoms with Gasteiger partial charge in [0.2, 0.25) is 5.13 Å². The predicted octanol–water partition coefficient (Wildman–Crippen LogP) is 1.58. The summed E-state index contributed by atoms with van der Waals surface area (Å²) in [6.07, 6.45) is 0. The summed E-state index contributed by atoms with van der Waals surface area (Å²) in [6, 6.07) is 0. The fourth-order valence-corrected chi connectivity index (χ4v) is 3.36. The van der Waals surface area contributed by atoms with Crippen LogP contribution in [-0.2, 0) is 12.0 Å². The van der Waals surface area contributed by atoms with E-state index in [2.05, 4.69) is 55.9 Å². The van der Waals surface area contributed by atoms with Crippen molar-refractivity contribution >= 4 is 16.5 Å². The molecule has 1 saturated heterocycles. The molecule has 1 fully saturated rings. The molecule has 0 aromatic carbocycles. The topological polar surface area (TPSA) is 73.8 Å². The molecule has 0 spiro atoms. The molecule has 0 unspecified atom stereocenters. The number of aromatic nitrogens is 5. The fourth-order valence-electron chi connectivity index (χ4n) is 2.40. The van der Waals surface area contributed by atoms with Crippen LogP contribution in [0.3, 0.4) is 0 Å². The van der Waals surface area contributed by atoms with Gasteiger partial charge in [-0.2, -0.15) is 5.10 Å². The zero-order valence-corrected chi connectivity index (χ0v) is 14.4. The number of hydrogen-bond donors (Lipinski definition) is 1. The van der Waals surface area contributed by atoms with Crippen LogP contribution in [0, 0.1) is 6.92 Å². The minimum atomic E-state index is 0.0707. The van der Waals surface area contributed by atoms with Gasteiger partial charge in [-0.25, -0.2) is 4.98 Å². The number of rotatable bonds is 3. The molecule has 120 valence electrons. The zero-order valence-electron chi connectivity index (χ0n) is 13.6. The molecule has 2 aromatic heterocycles. The predicted molar refractivity (Wildman–Crippen MR) is 87.2 cm³/mol. The third kappa shape index (κ3) is 3.44. The highest BCUT2D eigenvalue weighted by molar-refractivity contribution is 7.15. The number of nitrogens with one attached hydrogen (secondary N) is 1. The number of aromatic amines is 1. The maximum Gasteiger partial charge on any atom is 0.208 e. The van der Waals surface area contributed by atoms with Gasteiger partial charge in [-0.05, 0) is 6.92 Å². The molecule has 1 aliphatic heterocycles. The van der Waals surface area contributed by atoms with Crippen molar-refractivity contribution in [1.29, 1.82) is 0 Å². The van der Waals surface area contributed by atoms with Crippen LogP contribution in [-0.4, -0.2) is 56.5 Å². The second-order valence-electron chi connectivity index (χ2n) is 6.74. The summed E-state index contributed by atoms with van der Waals surface area (Å²) in [6.45, 7) is 13.2. The van der Waals surface area contributed by atoms with Crippen LogP contribution < -0.4 is 4.90 Å². The van der Waals surface area contributed by atoms with Gasteiger partial charge in [0, 0.05) is 31.6 Å². The molecule has 0 atom stereocenters. The summed E-state index contributed by atoms with van der Waals surface area (Å²) in [4.78, 5) is 9.08. The van der Waals surface area contributed by atoms with E-state index in [1.165, 1.54) is 0 Å². The maximum absolute atomic E-state index is 4.37. The Bertz CT molecular complexity index is 619. The molecular weight excluding hydrogens is 298 g/mol. The van der Waals surface area contributed by atoms with Crippen molar-refractivity contribution in [3.63, 3.8) is 0 Å². The molecule has 0 amide bonds. The SMILES string of the molecule is Cc1nc(CN2CCN(c3nnc(C(C)(C)C)s3)CC2)n[nH]1. The first-order chi connectivity index (χ1) is 10.4. The van der Waals surface area contributed by atoms with Crippen molar-refractivity contribution < 1.29 is 0 Å². The average Bonchev–Trinajstić information content (AvgIpc) is 3.08. The second-order valence-corrected chi connectivity index (χ2v) is 7.70. The van der Waals surface area contributed by atoms with E-state index in [1.807, 2.05) is 6.92 Å². The molecule has 8 heteroatoms. The zero-order chi connectivity index (χ0) is 15.7. The van der Waals surface area contributed by atoms with Crippen LogP contribution in [0.4, 0.5) is 5.13 Å². The van der Waals surface area contributed by atoms with Crippen LogP contribution >= 0.6 is 11.3 Å². The molecule has 1 aliphatic rings. The van der Waals surface area contributed by atoms with E-state index in [9.17, 15) is 0 Å². The molecule has 0 radical (unpaired) electrons. The van der Waals surface area contributed by atoms with E-state index in [-0.39, 0.29) is 5.41 Å². The number of nitrogens with zero attached hydrogens (tertiary/aromatic N) is 6. The molecule has 0 aliphatic carbocycles. The Balaban J connectivity index is 1.56. The smallest absolute Gasteiger partial charge is 0.208 e. The lowest BCUT2D eigenvalue weighted by molar-refractivity contribution is 0.244. The summed E-state index contributed by atoms with van der Waals surface area (Å²) in [7, 11) is 0. The van der Waals surface area contributed by atoms with Crippen molar-refractivity contribution in [3.8, 4) is 0 Å². The summed E-state index contributed by atoms with van der Waals surface area (Å²) < 4.78 is 0. The van der Waals surface area contributed by atoms with E-state index < -0.39 is 0 Å². The molecule has 2 aromatic rings. The summed E-state index contributed by atoms with van der Waals surface area (Å²) in [5.74, 6) is 1.74. The van der Waals surface area contributed by atoms with Gasteiger partial charge in [0.05, 0.1) is 6.54 Å². The monoisotopic (exact) mass is 321 g/mol. The molecule has 3 heterocycles. The number of aryl methyl sites for hydroxylation is 1. The van der Waals surface area contributed by atoms with Crippen molar-refractivity contribution in [2.24, 2.45) is 0 Å². The summed E-state index contributed by atoms with van der Waals surface area (Å²) >= 11 is 1.71. The molecule has 0 bridgehead atoms. The first-order valence-electron chi connectivity index (χ1n) is 7.61. The van der Waals surface area contributed by atoms with Crippen molar-refractivity contribution in [2.45, 2.75) is 39.7 Å². The first kappa shape index (κ1) is 15.4. The Hall–Kier alpha value is -1.54. The van der Waals surface area contributed by atoms with Crippen LogP contribution in [0.2, 0.25) is 0 Å². The molecule has 0 saturated carbocycles. The fraction of sp³-hybridized carbons (Fsp3) is 0.714. The lowest BCUT2D eigenvalue weighted by Gasteiger charge is -2.33. The number of piperazine rings is 1. The number of anilines is 1. The average molecular weight is 321 g/mol. The van der Waals surface area contributed by atoms with Crippen LogP contribution in [0.25, 0.3) is 0 Å². The standard InChI is InChI=1S/C14H23N7S/c1-10-15-11(17-16-10)9-20-5-7-21(8-6-20)13-19-18-12(22-13)14(2,3)4/h5-9H2,1-4H3,(H,15,16,17). The largest absolute Gasteiger partial charge is 0.344 e. The Morgan fingerprint density at radius 2 is 1.86 bits per heavy atom. The Labute approximate surface area is 134 Å². The highest BCUT2D eigenvalue weighted by Gasteiger charge is 2.24. The quantitative estimate of drug-likeness (QED) is 0.925. The second kappa shape index (κ2) is 5.92. The lowest BCUT2D eigenvalue weighted by Crippen LogP contribution is -2.46. The molecule has 22 heavy (non-hydrogen) atoms. The highest BCUT2D eigenvalue weighted by Crippen LogP contribution is 2.30. The third-order valence-corrected chi connectivity index (χ3v) is 5.12. The highest BCUT2D eigenvalue weighted by atomic mass is 32.1. The van der Waals surface area contributed by atoms with E-state index in [0.717, 1.165) is 54.5 Å². The first-order valence-corrected chi connectivity index (χ1v) is 8.42. The Kier molecular flexibility index (Phi) is 4.14. The maximum atomic E-state index is 4.37. The number of H-pyrrole nitrogens is 1. The van der Waals surface area contributed by atoms with E-state index in [1.54, 1.807) is 11.3 Å². The minimum absolute atomic E-state index is 0.0707. The van der Waals surface area contributed by atoms with Gasteiger partial charge in [0.1, 0.15) is 10.8 Å². The van der Waals surface area contributed by atoms with E-state index in [0.29, 0.717) is 0 Å². The van der Waals surface area contributed by atoms with Gasteiger partial charge in [-0.15, -0.1) is 10.2 Å². The van der Waals surface area contributed by atoms with Gasteiger partial charge in [-0.3, -0.25) is 10.00 Å². The van der Waals surface area contributed by atoms with Gasteiger partial charge < -0.3 is 4.90 Å². The lowest BCUT2D eigenvalue weighted by atomic mass is 9.98.